The molecular weight excluding hydrogens is 342 g/mol. The number of rotatable bonds is 5. The monoisotopic (exact) mass is 357 g/mol. The number of carbonyl (C=O) groups excluding carboxylic acids is 2. The van der Waals surface area contributed by atoms with Crippen LogP contribution in [0.4, 0.5) is 5.69 Å². The summed E-state index contributed by atoms with van der Waals surface area (Å²) >= 11 is 5.99. The summed E-state index contributed by atoms with van der Waals surface area (Å²) in [7, 11) is 3.31. The highest BCUT2D eigenvalue weighted by Gasteiger charge is 2.11. The molecule has 7 heteroatoms. The molecule has 0 bridgehead atoms. The largest absolute Gasteiger partial charge is 0.482 e. The summed E-state index contributed by atoms with van der Waals surface area (Å²) in [5.74, 6) is -0.237. The Bertz CT molecular complexity index is 844. The molecule has 0 unspecified atom stereocenters. The van der Waals surface area contributed by atoms with E-state index in [4.69, 9.17) is 21.6 Å². The molecule has 0 heterocycles. The fourth-order valence-electron chi connectivity index (χ4n) is 2.02. The minimum Gasteiger partial charge on any atom is -0.482 e. The third kappa shape index (κ3) is 4.96. The van der Waals surface area contributed by atoms with Crippen molar-refractivity contribution in [3.05, 3.63) is 58.6 Å². The predicted molar refractivity (Wildman–Crippen MR) is 94.8 cm³/mol. The van der Waals surface area contributed by atoms with Gasteiger partial charge in [0.1, 0.15) is 5.75 Å². The molecule has 2 aromatic carbocycles. The van der Waals surface area contributed by atoms with E-state index in [1.807, 2.05) is 6.07 Å². The first-order valence-corrected chi connectivity index (χ1v) is 7.72. The van der Waals surface area contributed by atoms with Crippen molar-refractivity contribution in [1.82, 2.24) is 4.90 Å². The fraction of sp³-hybridized carbons (Fsp3) is 0.167. The second kappa shape index (κ2) is 8.18. The summed E-state index contributed by atoms with van der Waals surface area (Å²) in [5.41, 5.74) is 1.37. The lowest BCUT2D eigenvalue weighted by Gasteiger charge is -2.12. The van der Waals surface area contributed by atoms with Gasteiger partial charge in [-0.05, 0) is 36.4 Å². The van der Waals surface area contributed by atoms with Crippen LogP contribution < -0.4 is 10.1 Å². The van der Waals surface area contributed by atoms with E-state index in [9.17, 15) is 9.59 Å². The molecule has 0 fully saturated rings. The molecule has 0 saturated carbocycles. The van der Waals surface area contributed by atoms with E-state index in [1.165, 1.54) is 17.0 Å². The average Bonchev–Trinajstić information content (AvgIpc) is 2.60. The quantitative estimate of drug-likeness (QED) is 0.891. The highest BCUT2D eigenvalue weighted by molar-refractivity contribution is 6.32. The molecule has 6 nitrogen and oxygen atoms in total. The number of carbonyl (C=O) groups is 2. The fourth-order valence-corrected chi connectivity index (χ4v) is 2.25. The van der Waals surface area contributed by atoms with Crippen molar-refractivity contribution in [2.24, 2.45) is 0 Å². The highest BCUT2D eigenvalue weighted by Crippen LogP contribution is 2.25. The average molecular weight is 358 g/mol. The standard InChI is InChI=1S/C18H16ClN3O3/c1-22(2)18(24)13-4-3-5-14(9-13)21-17(23)11-25-16-7-6-12(10-20)8-15(16)19/h3-9H,11H2,1-2H3,(H,21,23). The molecule has 0 aliphatic rings. The maximum atomic E-state index is 12.0. The lowest BCUT2D eigenvalue weighted by Crippen LogP contribution is -2.23. The van der Waals surface area contributed by atoms with Gasteiger partial charge < -0.3 is 15.0 Å². The van der Waals surface area contributed by atoms with Gasteiger partial charge in [0.2, 0.25) is 0 Å². The number of halogens is 1. The molecule has 2 aromatic rings. The highest BCUT2D eigenvalue weighted by atomic mass is 35.5. The zero-order chi connectivity index (χ0) is 18.4. The van der Waals surface area contributed by atoms with Crippen molar-refractivity contribution in [1.29, 1.82) is 5.26 Å². The Kier molecular flexibility index (Phi) is 5.98. The molecule has 1 N–H and O–H groups in total. The molecule has 0 radical (unpaired) electrons. The van der Waals surface area contributed by atoms with Crippen molar-refractivity contribution in [2.45, 2.75) is 0 Å². The second-order valence-electron chi connectivity index (χ2n) is 5.37. The lowest BCUT2D eigenvalue weighted by molar-refractivity contribution is -0.118. The van der Waals surface area contributed by atoms with Crippen LogP contribution in [0, 0.1) is 11.3 Å². The minimum absolute atomic E-state index is 0.156. The minimum atomic E-state index is -0.394. The molecule has 0 aromatic heterocycles. The third-order valence-electron chi connectivity index (χ3n) is 3.22. The van der Waals surface area contributed by atoms with Gasteiger partial charge in [0.15, 0.2) is 6.61 Å². The number of hydrogen-bond acceptors (Lipinski definition) is 4. The van der Waals surface area contributed by atoms with Crippen LogP contribution in [0.2, 0.25) is 5.02 Å². The van der Waals surface area contributed by atoms with Gasteiger partial charge in [0, 0.05) is 25.3 Å². The van der Waals surface area contributed by atoms with Crippen LogP contribution in [-0.4, -0.2) is 37.4 Å². The molecule has 0 aliphatic carbocycles. The van der Waals surface area contributed by atoms with Gasteiger partial charge >= 0.3 is 0 Å². The molecule has 25 heavy (non-hydrogen) atoms. The molecule has 128 valence electrons. The van der Waals surface area contributed by atoms with Gasteiger partial charge in [-0.15, -0.1) is 0 Å². The summed E-state index contributed by atoms with van der Waals surface area (Å²) in [6.07, 6.45) is 0. The Hall–Kier alpha value is -3.04. The molecule has 0 atom stereocenters. The molecule has 2 rings (SSSR count). The van der Waals surface area contributed by atoms with Crippen molar-refractivity contribution in [3.63, 3.8) is 0 Å². The molecule has 0 aliphatic heterocycles. The Labute approximate surface area is 150 Å². The Morgan fingerprint density at radius 2 is 2.00 bits per heavy atom. The number of benzene rings is 2. The number of nitriles is 1. The number of nitrogens with one attached hydrogen (secondary N) is 1. The summed E-state index contributed by atoms with van der Waals surface area (Å²) in [6, 6.07) is 13.1. The van der Waals surface area contributed by atoms with Crippen molar-refractivity contribution < 1.29 is 14.3 Å². The van der Waals surface area contributed by atoms with Gasteiger partial charge in [-0.25, -0.2) is 0 Å². The van der Waals surface area contributed by atoms with Crippen LogP contribution >= 0.6 is 11.6 Å². The number of hydrogen-bond donors (Lipinski definition) is 1. The first kappa shape index (κ1) is 18.3. The van der Waals surface area contributed by atoms with E-state index < -0.39 is 5.91 Å². The maximum absolute atomic E-state index is 12.0. The van der Waals surface area contributed by atoms with Crippen LogP contribution in [0.15, 0.2) is 42.5 Å². The maximum Gasteiger partial charge on any atom is 0.262 e. The molecule has 2 amide bonds. The number of ether oxygens (including phenoxy) is 1. The summed E-state index contributed by atoms with van der Waals surface area (Å²) in [6.45, 7) is -0.253. The van der Waals surface area contributed by atoms with E-state index in [0.717, 1.165) is 0 Å². The SMILES string of the molecule is CN(C)C(=O)c1cccc(NC(=O)COc2ccc(C#N)cc2Cl)c1. The smallest absolute Gasteiger partial charge is 0.262 e. The lowest BCUT2D eigenvalue weighted by atomic mass is 10.2. The van der Waals surface area contributed by atoms with Crippen LogP contribution in [0.5, 0.6) is 5.75 Å². The Morgan fingerprint density at radius 1 is 1.24 bits per heavy atom. The van der Waals surface area contributed by atoms with Crippen molar-refractivity contribution in [3.8, 4) is 11.8 Å². The van der Waals surface area contributed by atoms with Gasteiger partial charge in [0.05, 0.1) is 16.7 Å². The van der Waals surface area contributed by atoms with Gasteiger partial charge in [0.25, 0.3) is 11.8 Å². The Balaban J connectivity index is 1.98. The van der Waals surface area contributed by atoms with E-state index in [2.05, 4.69) is 5.32 Å². The normalized spacial score (nSPS) is 9.84. The van der Waals surface area contributed by atoms with E-state index in [1.54, 1.807) is 44.4 Å². The molecule has 0 spiro atoms. The number of amides is 2. The molecular formula is C18H16ClN3O3. The first-order chi connectivity index (χ1) is 11.9. The summed E-state index contributed by atoms with van der Waals surface area (Å²) in [4.78, 5) is 25.4. The zero-order valence-corrected chi connectivity index (χ0v) is 14.5. The Morgan fingerprint density at radius 3 is 2.64 bits per heavy atom. The van der Waals surface area contributed by atoms with Crippen LogP contribution in [0.25, 0.3) is 0 Å². The van der Waals surface area contributed by atoms with Crippen LogP contribution in [-0.2, 0) is 4.79 Å². The summed E-state index contributed by atoms with van der Waals surface area (Å²) < 4.78 is 5.36. The second-order valence-corrected chi connectivity index (χ2v) is 5.78. The van der Waals surface area contributed by atoms with E-state index in [0.29, 0.717) is 22.6 Å². The van der Waals surface area contributed by atoms with Crippen molar-refractivity contribution in [2.75, 3.05) is 26.0 Å². The predicted octanol–water partition coefficient (Wildman–Crippen LogP) is 2.93. The third-order valence-corrected chi connectivity index (χ3v) is 3.51. The van der Waals surface area contributed by atoms with Crippen LogP contribution in [0.3, 0.4) is 0 Å². The van der Waals surface area contributed by atoms with E-state index >= 15 is 0 Å². The molecule has 0 saturated heterocycles. The zero-order valence-electron chi connectivity index (χ0n) is 13.7. The van der Waals surface area contributed by atoms with Gasteiger partial charge in [-0.1, -0.05) is 17.7 Å². The van der Waals surface area contributed by atoms with Crippen molar-refractivity contribution >= 4 is 29.1 Å². The van der Waals surface area contributed by atoms with Crippen LogP contribution in [0.1, 0.15) is 15.9 Å². The summed E-state index contributed by atoms with van der Waals surface area (Å²) in [5, 5.41) is 11.7. The number of anilines is 1. The topological polar surface area (TPSA) is 82.4 Å². The van der Waals surface area contributed by atoms with Gasteiger partial charge in [-0.3, -0.25) is 9.59 Å². The first-order valence-electron chi connectivity index (χ1n) is 7.34. The van der Waals surface area contributed by atoms with E-state index in [-0.39, 0.29) is 17.5 Å². The number of nitrogens with zero attached hydrogens (tertiary/aromatic N) is 2. The van der Waals surface area contributed by atoms with Gasteiger partial charge in [-0.2, -0.15) is 5.26 Å².